The SMILES string of the molecule is COc1cc(C2OCCO2)cc(N(CC2CC2)c2ccc3ncc(-c4cnn(C)c4)nc3c2)c1.COc1cc(OC)cc(N(CCC2CCNCC2)c2ccc3ncc(-c4cnn(C)c4)nc3c2)c1.COc1ccc(OC)c(N(CCO)c2ccc3ncc(-c4cnn(C)c4)nc3c2)c1.[2H]C([2H])([2H])Oc1cc(OC)cc(N(CCO)c2ccc3ncc(-c4cnn(C)c4)nc3c2)c1. The van der Waals surface area contributed by atoms with Gasteiger partial charge in [-0.15, -0.1) is 0 Å². The van der Waals surface area contributed by atoms with Crippen LogP contribution in [0.15, 0.2) is 220 Å². The molecule has 2 saturated heterocycles. The fraction of sp³-hybridized carbons (Fsp3) is 0.299. The molecule has 16 aromatic rings. The summed E-state index contributed by atoms with van der Waals surface area (Å²) in [6, 6.07) is 46.6. The first-order chi connectivity index (χ1) is 64.2. The molecule has 3 fully saturated rings. The molecule has 1 aliphatic carbocycles. The van der Waals surface area contributed by atoms with Gasteiger partial charge in [-0.3, -0.25) is 38.7 Å². The van der Waals surface area contributed by atoms with Gasteiger partial charge in [-0.05, 0) is 154 Å². The highest BCUT2D eigenvalue weighted by molar-refractivity contribution is 5.87. The van der Waals surface area contributed by atoms with E-state index in [0.717, 1.165) is 168 Å². The monoisotopic (exact) mass is 1740 g/mol. The lowest BCUT2D eigenvalue weighted by molar-refractivity contribution is -0.0442. The second-order valence-corrected chi connectivity index (χ2v) is 31.4. The fourth-order valence-corrected chi connectivity index (χ4v) is 15.7. The average Bonchev–Trinajstić information content (AvgIpc) is 1.48. The minimum Gasteiger partial charge on any atom is -0.497 e. The molecule has 0 radical (unpaired) electrons. The lowest BCUT2D eigenvalue weighted by Crippen LogP contribution is -2.30. The second-order valence-electron chi connectivity index (χ2n) is 31.4. The number of aryl methyl sites for hydroxylation is 4. The van der Waals surface area contributed by atoms with Gasteiger partial charge in [0.1, 0.15) is 40.2 Å². The van der Waals surface area contributed by atoms with Crippen molar-refractivity contribution in [3.05, 3.63) is 226 Å². The Hall–Kier alpha value is -14.4. The predicted molar refractivity (Wildman–Crippen MR) is 498 cm³/mol. The van der Waals surface area contributed by atoms with Gasteiger partial charge in [0.15, 0.2) is 6.29 Å². The van der Waals surface area contributed by atoms with E-state index in [1.165, 1.54) is 38.9 Å². The Morgan fingerprint density at radius 2 is 0.752 bits per heavy atom. The largest absolute Gasteiger partial charge is 0.497 e. The van der Waals surface area contributed by atoms with Gasteiger partial charge in [-0.25, -0.2) is 19.9 Å². The summed E-state index contributed by atoms with van der Waals surface area (Å²) in [6.07, 6.45) is 27.5. The molecule has 2 aliphatic heterocycles. The average molecular weight is 1740 g/mol. The molecule has 129 heavy (non-hydrogen) atoms. The number of aromatic nitrogens is 16. The molecule has 32 nitrogen and oxygen atoms in total. The molecule has 0 amide bonds. The minimum absolute atomic E-state index is 0.0280. The Balaban J connectivity index is 0.000000129. The summed E-state index contributed by atoms with van der Waals surface area (Å²) in [5.41, 5.74) is 21.2. The fourth-order valence-electron chi connectivity index (χ4n) is 15.7. The number of anilines is 8. The number of hydrogen-bond donors (Lipinski definition) is 3. The number of methoxy groups -OCH3 is 7. The van der Waals surface area contributed by atoms with E-state index in [0.29, 0.717) is 71.3 Å². The molecule has 0 unspecified atom stereocenters. The van der Waals surface area contributed by atoms with E-state index in [1.54, 1.807) is 104 Å². The molecule has 3 aliphatic rings. The predicted octanol–water partition coefficient (Wildman–Crippen LogP) is 15.6. The van der Waals surface area contributed by atoms with Gasteiger partial charge in [0.2, 0.25) is 0 Å². The van der Waals surface area contributed by atoms with E-state index in [4.69, 9.17) is 66.7 Å². The Morgan fingerprint density at radius 3 is 1.13 bits per heavy atom. The first-order valence-electron chi connectivity index (χ1n) is 44.0. The van der Waals surface area contributed by atoms with Crippen LogP contribution in [-0.4, -0.2) is 205 Å². The van der Waals surface area contributed by atoms with Crippen LogP contribution in [0.25, 0.3) is 89.2 Å². The molecule has 664 valence electrons. The second kappa shape index (κ2) is 40.9. The van der Waals surface area contributed by atoms with Crippen molar-refractivity contribution in [2.45, 2.75) is 38.4 Å². The zero-order valence-electron chi connectivity index (χ0n) is 76.6. The molecule has 32 heteroatoms. The van der Waals surface area contributed by atoms with Crippen LogP contribution in [0.3, 0.4) is 0 Å². The molecule has 8 aromatic carbocycles. The van der Waals surface area contributed by atoms with Gasteiger partial charge in [-0.1, -0.05) is 0 Å². The van der Waals surface area contributed by atoms with E-state index in [2.05, 4.69) is 104 Å². The zero-order chi connectivity index (χ0) is 91.9. The Labute approximate surface area is 751 Å². The molecule has 10 heterocycles. The standard InChI is InChI=1S/C27H32N6O2.C26H27N5O3.2C22H23N5O3/c1-32-18-20(16-30-32)27-17-29-25-5-4-21(14-26(25)31-27)33(11-8-19-6-9-28-10-7-19)22-12-23(34-2)15-24(13-22)35-3;1-30-16-19(13-28-30)25-14-27-23-6-5-20(12-24(23)29-25)31(15-17-3-4-17)21-9-18(10-22(11-21)32-2)26-33-7-8-34-26;1-26-14-15(12-24-26)20-13-23-18-6-4-16(10-19(18)25-20)27(8-9-28)21-11-17(29-2)5-7-22(21)30-3;1-26-14-15(12-24-26)22-13-23-20-5-4-16(10-21(20)25-22)27(6-7-28)17-8-18(29-2)11-19(9-17)30-3/h4-5,12-19,28H,6-11H2,1-3H3;5-6,9-14,16-17,26H,3-4,7-8,15H2,1-2H3;4-7,10-14,28H,8-9H2,1-3H3;4-5,8-14,28H,6-7H2,1-3H3/i;;;2D3. The third kappa shape index (κ3) is 21.3. The molecule has 0 spiro atoms. The maximum Gasteiger partial charge on any atom is 0.184 e. The lowest BCUT2D eigenvalue weighted by Gasteiger charge is -2.29. The van der Waals surface area contributed by atoms with Gasteiger partial charge in [-0.2, -0.15) is 20.4 Å². The lowest BCUT2D eigenvalue weighted by atomic mass is 9.94. The van der Waals surface area contributed by atoms with E-state index < -0.39 is 7.04 Å². The highest BCUT2D eigenvalue weighted by Gasteiger charge is 2.29. The number of benzene rings is 8. The molecule has 19 rings (SSSR count). The van der Waals surface area contributed by atoms with E-state index >= 15 is 0 Å². The van der Waals surface area contributed by atoms with Crippen LogP contribution >= 0.6 is 0 Å². The first kappa shape index (κ1) is 84.1. The van der Waals surface area contributed by atoms with Crippen molar-refractivity contribution < 1.29 is 57.0 Å². The summed E-state index contributed by atoms with van der Waals surface area (Å²) in [6.45, 7) is 5.69. The maximum atomic E-state index is 9.72. The third-order valence-electron chi connectivity index (χ3n) is 22.6. The summed E-state index contributed by atoms with van der Waals surface area (Å²) in [5.74, 6) is 5.65. The topological polar surface area (TPSA) is 323 Å². The molecule has 0 bridgehead atoms. The number of nitrogens with zero attached hydrogens (tertiary/aromatic N) is 20. The molecule has 0 atom stereocenters. The summed E-state index contributed by atoms with van der Waals surface area (Å²) >= 11 is 0. The highest BCUT2D eigenvalue weighted by Crippen LogP contribution is 2.43. The number of nitrogens with one attached hydrogen (secondary N) is 1. The number of aliphatic hydroxyl groups is 2. The molecule has 1 saturated carbocycles. The summed E-state index contributed by atoms with van der Waals surface area (Å²) in [5, 5.41) is 39.8. The van der Waals surface area contributed by atoms with Crippen LogP contribution in [0, 0.1) is 11.8 Å². The highest BCUT2D eigenvalue weighted by atomic mass is 16.7. The van der Waals surface area contributed by atoms with Crippen molar-refractivity contribution in [2.75, 3.05) is 135 Å². The van der Waals surface area contributed by atoms with Crippen molar-refractivity contribution in [3.63, 3.8) is 0 Å². The third-order valence-corrected chi connectivity index (χ3v) is 22.6. The number of hydrogen-bond acceptors (Lipinski definition) is 28. The number of piperidine rings is 1. The zero-order valence-corrected chi connectivity index (χ0v) is 73.6. The van der Waals surface area contributed by atoms with Crippen LogP contribution in [-0.2, 0) is 37.7 Å². The molecular formula is C97H105N21O11. The van der Waals surface area contributed by atoms with Crippen molar-refractivity contribution in [3.8, 4) is 85.3 Å². The number of fused-ring (bicyclic) bond motifs is 4. The van der Waals surface area contributed by atoms with Crippen LogP contribution < -0.4 is 58.1 Å². The smallest absolute Gasteiger partial charge is 0.184 e. The molecule has 3 N–H and O–H groups in total. The molecule has 8 aromatic heterocycles. The number of ether oxygens (including phenoxy) is 9. The number of aliphatic hydroxyl groups excluding tert-OH is 2. The molecular weight excluding hydrogens is 1640 g/mol. The Bertz CT molecular complexity index is 6640. The van der Waals surface area contributed by atoms with Crippen molar-refractivity contribution in [1.29, 1.82) is 0 Å². The van der Waals surface area contributed by atoms with Gasteiger partial charge >= 0.3 is 0 Å². The van der Waals surface area contributed by atoms with Gasteiger partial charge in [0.05, 0.1) is 202 Å². The van der Waals surface area contributed by atoms with E-state index in [1.807, 2.05) is 154 Å². The number of rotatable bonds is 29. The van der Waals surface area contributed by atoms with Crippen LogP contribution in [0.1, 0.15) is 48.1 Å². The van der Waals surface area contributed by atoms with E-state index in [-0.39, 0.29) is 31.8 Å². The van der Waals surface area contributed by atoms with Gasteiger partial charge in [0, 0.05) is 195 Å². The van der Waals surface area contributed by atoms with E-state index in [9.17, 15) is 10.2 Å². The summed E-state index contributed by atoms with van der Waals surface area (Å²) in [4.78, 5) is 46.1. The van der Waals surface area contributed by atoms with Crippen molar-refractivity contribution >= 4 is 89.6 Å². The minimum atomic E-state index is -2.60. The van der Waals surface area contributed by atoms with Crippen LogP contribution in [0.4, 0.5) is 45.5 Å². The van der Waals surface area contributed by atoms with Crippen LogP contribution in [0.2, 0.25) is 0 Å². The maximum absolute atomic E-state index is 9.72. The quantitative estimate of drug-likeness (QED) is 0.0392. The van der Waals surface area contributed by atoms with Crippen LogP contribution in [0.5, 0.6) is 40.2 Å². The first-order valence-corrected chi connectivity index (χ1v) is 42.5. The Kier molecular flexibility index (Phi) is 26.7. The summed E-state index contributed by atoms with van der Waals surface area (Å²) in [7, 11) is 14.7. The van der Waals surface area contributed by atoms with Crippen molar-refractivity contribution in [1.82, 2.24) is 84.3 Å². The van der Waals surface area contributed by atoms with Gasteiger partial charge < -0.3 is 77.8 Å². The summed E-state index contributed by atoms with van der Waals surface area (Å²) < 4.78 is 78.8. The Morgan fingerprint density at radius 1 is 0.372 bits per heavy atom. The normalized spacial score (nSPS) is 13.7. The van der Waals surface area contributed by atoms with Gasteiger partial charge in [0.25, 0.3) is 0 Å². The van der Waals surface area contributed by atoms with Crippen molar-refractivity contribution in [2.24, 2.45) is 40.0 Å².